The first kappa shape index (κ1) is 18.8. The predicted octanol–water partition coefficient (Wildman–Crippen LogP) is 3.87. The van der Waals surface area contributed by atoms with Gasteiger partial charge in [-0.15, -0.1) is 0 Å². The van der Waals surface area contributed by atoms with Gasteiger partial charge in [-0.3, -0.25) is 4.90 Å². The van der Waals surface area contributed by atoms with E-state index in [4.69, 9.17) is 4.74 Å². The van der Waals surface area contributed by atoms with Crippen LogP contribution in [0.2, 0.25) is 0 Å². The molecule has 0 aliphatic carbocycles. The third kappa shape index (κ3) is 4.13. The second kappa shape index (κ2) is 8.20. The molecule has 0 unspecified atom stereocenters. The van der Waals surface area contributed by atoms with Gasteiger partial charge in [-0.1, -0.05) is 24.3 Å². The van der Waals surface area contributed by atoms with Crippen molar-refractivity contribution in [1.82, 2.24) is 8.87 Å². The summed E-state index contributed by atoms with van der Waals surface area (Å²) in [5.41, 5.74) is 1.96. The molecule has 0 spiro atoms. The van der Waals surface area contributed by atoms with Crippen molar-refractivity contribution >= 4 is 10.0 Å². The fourth-order valence-corrected chi connectivity index (χ4v) is 4.67. The van der Waals surface area contributed by atoms with E-state index in [0.717, 1.165) is 23.4 Å². The number of aromatic nitrogens is 1. The van der Waals surface area contributed by atoms with Gasteiger partial charge in [0.2, 0.25) is 0 Å². The van der Waals surface area contributed by atoms with E-state index >= 15 is 0 Å². The highest BCUT2D eigenvalue weighted by atomic mass is 32.2. The fourth-order valence-electron chi connectivity index (χ4n) is 3.48. The lowest BCUT2D eigenvalue weighted by Gasteiger charge is -2.15. The van der Waals surface area contributed by atoms with E-state index in [0.29, 0.717) is 6.61 Å². The van der Waals surface area contributed by atoms with Gasteiger partial charge in [-0.05, 0) is 73.5 Å². The first-order chi connectivity index (χ1) is 13.6. The molecule has 1 aliphatic rings. The molecule has 1 aliphatic heterocycles. The molecule has 0 bridgehead atoms. The summed E-state index contributed by atoms with van der Waals surface area (Å²) in [6.07, 6.45) is 5.63. The molecule has 28 heavy (non-hydrogen) atoms. The molecule has 3 aromatic rings. The molecular formula is C22H24N2O3S. The Morgan fingerprint density at radius 3 is 2.29 bits per heavy atom. The Bertz CT molecular complexity index is 1010. The lowest BCUT2D eigenvalue weighted by Crippen LogP contribution is -2.25. The van der Waals surface area contributed by atoms with Crippen molar-refractivity contribution in [1.29, 1.82) is 0 Å². The molecule has 0 amide bonds. The summed E-state index contributed by atoms with van der Waals surface area (Å²) in [6.45, 7) is 3.97. The maximum absolute atomic E-state index is 12.6. The van der Waals surface area contributed by atoms with Crippen LogP contribution < -0.4 is 4.74 Å². The fraction of sp³-hybridized carbons (Fsp3) is 0.273. The van der Waals surface area contributed by atoms with Gasteiger partial charge in [-0.25, -0.2) is 12.4 Å². The minimum absolute atomic E-state index is 0.269. The van der Waals surface area contributed by atoms with Crippen LogP contribution in [0.25, 0.3) is 11.1 Å². The molecule has 0 atom stereocenters. The Hall–Kier alpha value is -2.57. The van der Waals surface area contributed by atoms with Gasteiger partial charge in [0.1, 0.15) is 12.4 Å². The Kier molecular flexibility index (Phi) is 5.50. The van der Waals surface area contributed by atoms with Crippen LogP contribution in [-0.4, -0.2) is 43.5 Å². The van der Waals surface area contributed by atoms with Crippen molar-refractivity contribution in [3.8, 4) is 16.9 Å². The zero-order valence-corrected chi connectivity index (χ0v) is 16.5. The minimum atomic E-state index is -3.54. The predicted molar refractivity (Wildman–Crippen MR) is 110 cm³/mol. The average Bonchev–Trinajstić information content (AvgIpc) is 3.43. The molecule has 6 heteroatoms. The summed E-state index contributed by atoms with van der Waals surface area (Å²) in [5, 5.41) is 0. The van der Waals surface area contributed by atoms with Crippen LogP contribution in [0.1, 0.15) is 12.8 Å². The Morgan fingerprint density at radius 1 is 0.857 bits per heavy atom. The number of rotatable bonds is 7. The molecule has 146 valence electrons. The molecule has 5 nitrogen and oxygen atoms in total. The first-order valence-electron chi connectivity index (χ1n) is 9.57. The summed E-state index contributed by atoms with van der Waals surface area (Å²) < 4.78 is 32.3. The maximum atomic E-state index is 12.6. The second-order valence-electron chi connectivity index (χ2n) is 6.97. The molecule has 1 saturated heterocycles. The quantitative estimate of drug-likeness (QED) is 0.608. The van der Waals surface area contributed by atoms with E-state index in [9.17, 15) is 8.42 Å². The van der Waals surface area contributed by atoms with Gasteiger partial charge in [0.05, 0.1) is 4.90 Å². The average molecular weight is 397 g/mol. The van der Waals surface area contributed by atoms with Crippen molar-refractivity contribution < 1.29 is 13.2 Å². The van der Waals surface area contributed by atoms with Crippen LogP contribution in [-0.2, 0) is 10.0 Å². The van der Waals surface area contributed by atoms with Gasteiger partial charge in [-0.2, -0.15) is 0 Å². The van der Waals surface area contributed by atoms with Crippen molar-refractivity contribution in [2.75, 3.05) is 26.2 Å². The first-order valence-corrected chi connectivity index (χ1v) is 11.0. The van der Waals surface area contributed by atoms with Gasteiger partial charge >= 0.3 is 0 Å². The van der Waals surface area contributed by atoms with Crippen LogP contribution in [0.15, 0.2) is 78.0 Å². The number of benzene rings is 2. The number of nitrogens with zero attached hydrogens (tertiary/aromatic N) is 2. The summed E-state index contributed by atoms with van der Waals surface area (Å²) >= 11 is 0. The molecule has 1 fully saturated rings. The number of ether oxygens (including phenoxy) is 1. The third-order valence-electron chi connectivity index (χ3n) is 5.05. The van der Waals surface area contributed by atoms with E-state index in [2.05, 4.69) is 4.90 Å². The normalized spacial score (nSPS) is 15.0. The molecule has 0 N–H and O–H groups in total. The van der Waals surface area contributed by atoms with Crippen molar-refractivity contribution in [3.05, 3.63) is 73.1 Å². The van der Waals surface area contributed by atoms with Crippen LogP contribution in [0.3, 0.4) is 0 Å². The van der Waals surface area contributed by atoms with Crippen molar-refractivity contribution in [2.45, 2.75) is 17.7 Å². The SMILES string of the molecule is O=S(=O)(c1ccc(-c2cccc(OCCN3CCCC3)c2)cc1)n1cccc1. The van der Waals surface area contributed by atoms with Crippen molar-refractivity contribution in [3.63, 3.8) is 0 Å². The third-order valence-corrected chi connectivity index (χ3v) is 6.72. The van der Waals surface area contributed by atoms with Gasteiger partial charge in [0.25, 0.3) is 10.0 Å². The molecular weight excluding hydrogens is 372 g/mol. The lowest BCUT2D eigenvalue weighted by atomic mass is 10.1. The Morgan fingerprint density at radius 2 is 1.57 bits per heavy atom. The highest BCUT2D eigenvalue weighted by Crippen LogP contribution is 2.26. The van der Waals surface area contributed by atoms with E-state index in [1.54, 1.807) is 24.3 Å². The molecule has 1 aromatic heterocycles. The summed E-state index contributed by atoms with van der Waals surface area (Å²) in [5.74, 6) is 0.834. The zero-order chi connectivity index (χ0) is 19.4. The topological polar surface area (TPSA) is 51.5 Å². The monoisotopic (exact) mass is 396 g/mol. The van der Waals surface area contributed by atoms with Crippen LogP contribution in [0.4, 0.5) is 0 Å². The highest BCUT2D eigenvalue weighted by molar-refractivity contribution is 7.90. The van der Waals surface area contributed by atoms with E-state index in [1.807, 2.05) is 36.4 Å². The van der Waals surface area contributed by atoms with Crippen LogP contribution in [0, 0.1) is 0 Å². The van der Waals surface area contributed by atoms with Gasteiger partial charge < -0.3 is 4.74 Å². The standard InChI is InChI=1S/C22H24N2O3S/c25-28(26,24-14-3-4-15-24)22-10-8-19(9-11-22)20-6-5-7-21(18-20)27-17-16-23-12-1-2-13-23/h3-11,14-15,18H,1-2,12-13,16-17H2. The van der Waals surface area contributed by atoms with Crippen LogP contribution in [0.5, 0.6) is 5.75 Å². The highest BCUT2D eigenvalue weighted by Gasteiger charge is 2.15. The largest absolute Gasteiger partial charge is 0.492 e. The second-order valence-corrected chi connectivity index (χ2v) is 8.81. The minimum Gasteiger partial charge on any atom is -0.492 e. The van der Waals surface area contributed by atoms with Gasteiger partial charge in [0.15, 0.2) is 0 Å². The van der Waals surface area contributed by atoms with Gasteiger partial charge in [0, 0.05) is 18.9 Å². The number of likely N-dealkylation sites (tertiary alicyclic amines) is 1. The van der Waals surface area contributed by atoms with E-state index in [1.165, 1.54) is 42.3 Å². The zero-order valence-electron chi connectivity index (χ0n) is 15.7. The van der Waals surface area contributed by atoms with E-state index in [-0.39, 0.29) is 4.90 Å². The molecule has 4 rings (SSSR count). The smallest absolute Gasteiger partial charge is 0.267 e. The Balaban J connectivity index is 1.45. The summed E-state index contributed by atoms with van der Waals surface area (Å²) in [6, 6.07) is 18.3. The Labute approximate surface area is 166 Å². The summed E-state index contributed by atoms with van der Waals surface area (Å²) in [4.78, 5) is 2.69. The maximum Gasteiger partial charge on any atom is 0.267 e. The van der Waals surface area contributed by atoms with E-state index < -0.39 is 10.0 Å². The number of hydrogen-bond donors (Lipinski definition) is 0. The molecule has 0 saturated carbocycles. The summed E-state index contributed by atoms with van der Waals surface area (Å²) in [7, 11) is -3.54. The van der Waals surface area contributed by atoms with Crippen molar-refractivity contribution in [2.24, 2.45) is 0 Å². The van der Waals surface area contributed by atoms with Crippen LogP contribution >= 0.6 is 0 Å². The molecule has 2 heterocycles. The molecule has 0 radical (unpaired) electrons. The number of hydrogen-bond acceptors (Lipinski definition) is 4. The lowest BCUT2D eigenvalue weighted by molar-refractivity contribution is 0.238. The molecule has 2 aromatic carbocycles.